The maximum Gasteiger partial charge on any atom is 0.305 e. The number of aliphatic carboxylic acids is 1. The van der Waals surface area contributed by atoms with Crippen molar-refractivity contribution in [3.63, 3.8) is 0 Å². The summed E-state index contributed by atoms with van der Waals surface area (Å²) in [4.78, 5) is 40.3. The fourth-order valence-corrected chi connectivity index (χ4v) is 4.74. The van der Waals surface area contributed by atoms with Gasteiger partial charge in [-0.3, -0.25) is 14.4 Å². The molecule has 0 saturated carbocycles. The van der Waals surface area contributed by atoms with Crippen LogP contribution in [0.15, 0.2) is 97.1 Å². The number of carboxylic acid groups (broad SMARTS) is 1. The molecule has 0 aliphatic rings. The summed E-state index contributed by atoms with van der Waals surface area (Å²) in [5.41, 5.74) is 5.22. The Morgan fingerprint density at radius 2 is 1.45 bits per heavy atom. The lowest BCUT2D eigenvalue weighted by molar-refractivity contribution is -0.137. The van der Waals surface area contributed by atoms with Crippen LogP contribution in [-0.4, -0.2) is 47.5 Å². The Labute approximate surface area is 246 Å². The lowest BCUT2D eigenvalue weighted by atomic mass is 9.94. The van der Waals surface area contributed by atoms with Gasteiger partial charge in [-0.05, 0) is 66.8 Å². The molecule has 0 radical (unpaired) electrons. The van der Waals surface area contributed by atoms with Crippen molar-refractivity contribution in [1.82, 2.24) is 10.2 Å². The Hall–Kier alpha value is -4.91. The minimum Gasteiger partial charge on any atom is -0.494 e. The van der Waals surface area contributed by atoms with Crippen LogP contribution < -0.4 is 10.1 Å². The van der Waals surface area contributed by atoms with E-state index in [0.29, 0.717) is 48.4 Å². The van der Waals surface area contributed by atoms with Gasteiger partial charge >= 0.3 is 5.97 Å². The highest BCUT2D eigenvalue weighted by Gasteiger charge is 2.22. The summed E-state index contributed by atoms with van der Waals surface area (Å²) in [6.45, 7) is 5.25. The fourth-order valence-electron chi connectivity index (χ4n) is 4.74. The third kappa shape index (κ3) is 8.07. The number of hydrogen-bond donors (Lipinski definition) is 2. The van der Waals surface area contributed by atoms with Crippen LogP contribution in [0.2, 0.25) is 0 Å². The molecule has 0 aromatic heterocycles. The number of nitrogens with zero attached hydrogens (tertiary/aromatic N) is 1. The molecule has 0 spiro atoms. The lowest BCUT2D eigenvalue weighted by Crippen LogP contribution is -2.35. The second-order valence-electron chi connectivity index (χ2n) is 10.0. The van der Waals surface area contributed by atoms with E-state index >= 15 is 0 Å². The van der Waals surface area contributed by atoms with Gasteiger partial charge in [0.25, 0.3) is 11.8 Å². The molecule has 7 heteroatoms. The zero-order valence-electron chi connectivity index (χ0n) is 24.0. The number of aryl methyl sites for hydroxylation is 1. The zero-order valence-corrected chi connectivity index (χ0v) is 24.0. The third-order valence-electron chi connectivity index (χ3n) is 6.96. The van der Waals surface area contributed by atoms with Crippen LogP contribution in [0.5, 0.6) is 5.75 Å². The Balaban J connectivity index is 1.59. The molecule has 42 heavy (non-hydrogen) atoms. The van der Waals surface area contributed by atoms with Gasteiger partial charge in [-0.25, -0.2) is 0 Å². The maximum absolute atomic E-state index is 14.0. The highest BCUT2D eigenvalue weighted by Crippen LogP contribution is 2.29. The van der Waals surface area contributed by atoms with E-state index in [-0.39, 0.29) is 24.8 Å². The van der Waals surface area contributed by atoms with Gasteiger partial charge in [-0.15, -0.1) is 0 Å². The second kappa shape index (κ2) is 14.6. The van der Waals surface area contributed by atoms with E-state index in [1.54, 1.807) is 29.2 Å². The number of nitrogens with one attached hydrogen (secondary N) is 1. The molecular formula is C35H36N2O5. The summed E-state index contributed by atoms with van der Waals surface area (Å²) in [5.74, 6) is -0.760. The first-order valence-electron chi connectivity index (χ1n) is 14.1. The molecule has 0 unspecified atom stereocenters. The highest BCUT2D eigenvalue weighted by atomic mass is 16.5. The average Bonchev–Trinajstić information content (AvgIpc) is 3.00. The number of ether oxygens (including phenoxy) is 1. The number of hydrogen-bond acceptors (Lipinski definition) is 4. The van der Waals surface area contributed by atoms with Gasteiger partial charge in [0, 0.05) is 30.8 Å². The summed E-state index contributed by atoms with van der Waals surface area (Å²) in [5, 5.41) is 12.4. The number of benzene rings is 4. The monoisotopic (exact) mass is 564 g/mol. The van der Waals surface area contributed by atoms with Crippen molar-refractivity contribution in [2.24, 2.45) is 0 Å². The van der Waals surface area contributed by atoms with Crippen molar-refractivity contribution in [2.45, 2.75) is 33.2 Å². The van der Waals surface area contributed by atoms with Gasteiger partial charge in [0.05, 0.1) is 13.0 Å². The predicted octanol–water partition coefficient (Wildman–Crippen LogP) is 6.15. The van der Waals surface area contributed by atoms with Crippen molar-refractivity contribution < 1.29 is 24.2 Å². The predicted molar refractivity (Wildman–Crippen MR) is 164 cm³/mol. The number of carbonyl (C=O) groups is 3. The first-order valence-corrected chi connectivity index (χ1v) is 14.1. The smallest absolute Gasteiger partial charge is 0.305 e. The Bertz CT molecular complexity index is 1530. The quantitative estimate of drug-likeness (QED) is 0.203. The average molecular weight is 565 g/mol. The van der Waals surface area contributed by atoms with E-state index in [1.807, 2.05) is 86.6 Å². The number of carbonyl (C=O) groups excluding carboxylic acids is 2. The summed E-state index contributed by atoms with van der Waals surface area (Å²) in [6.07, 6.45) is 0.358. The van der Waals surface area contributed by atoms with Gasteiger partial charge in [-0.2, -0.15) is 0 Å². The zero-order chi connectivity index (χ0) is 29.9. The van der Waals surface area contributed by atoms with Crippen LogP contribution >= 0.6 is 0 Å². The van der Waals surface area contributed by atoms with Crippen LogP contribution in [0.4, 0.5) is 0 Å². The normalized spacial score (nSPS) is 10.6. The molecule has 2 amide bonds. The SMILES string of the molecule is CCOc1cccc(CCN(CCC(=O)O)C(=O)c2ccccc2-c2ccccc2C(=O)NCc2ccc(C)cc2)c1. The molecule has 2 N–H and O–H groups in total. The van der Waals surface area contributed by atoms with E-state index in [1.165, 1.54) is 0 Å². The molecule has 0 fully saturated rings. The van der Waals surface area contributed by atoms with E-state index in [9.17, 15) is 19.5 Å². The molecule has 0 aliphatic carbocycles. The van der Waals surface area contributed by atoms with Crippen molar-refractivity contribution in [1.29, 1.82) is 0 Å². The van der Waals surface area contributed by atoms with E-state index < -0.39 is 5.97 Å². The van der Waals surface area contributed by atoms with Crippen molar-refractivity contribution in [3.05, 3.63) is 125 Å². The largest absolute Gasteiger partial charge is 0.494 e. The molecule has 4 aromatic carbocycles. The summed E-state index contributed by atoms with van der Waals surface area (Å²) >= 11 is 0. The van der Waals surface area contributed by atoms with Crippen LogP contribution in [0.25, 0.3) is 11.1 Å². The summed E-state index contributed by atoms with van der Waals surface area (Å²) in [7, 11) is 0. The molecule has 0 bridgehead atoms. The van der Waals surface area contributed by atoms with Crippen molar-refractivity contribution in [2.75, 3.05) is 19.7 Å². The Morgan fingerprint density at radius 1 is 0.786 bits per heavy atom. The molecule has 0 aliphatic heterocycles. The second-order valence-corrected chi connectivity index (χ2v) is 10.0. The third-order valence-corrected chi connectivity index (χ3v) is 6.96. The van der Waals surface area contributed by atoms with Gasteiger partial charge in [0.1, 0.15) is 5.75 Å². The van der Waals surface area contributed by atoms with E-state index in [4.69, 9.17) is 4.74 Å². The minimum absolute atomic E-state index is 0.0618. The Morgan fingerprint density at radius 3 is 2.14 bits per heavy atom. The topological polar surface area (TPSA) is 95.9 Å². The maximum atomic E-state index is 14.0. The standard InChI is InChI=1S/C35H36N2O5/c1-3-42-28-10-8-9-26(23-28)19-21-37(22-20-33(38)39)35(41)32-14-7-5-12-30(32)29-11-4-6-13-31(29)34(40)36-24-27-17-15-25(2)16-18-27/h4-18,23H,3,19-22,24H2,1-2H3,(H,36,40)(H,38,39). The molecule has 0 atom stereocenters. The van der Waals surface area contributed by atoms with E-state index in [0.717, 1.165) is 22.4 Å². The van der Waals surface area contributed by atoms with Crippen molar-refractivity contribution >= 4 is 17.8 Å². The summed E-state index contributed by atoms with van der Waals surface area (Å²) in [6, 6.07) is 30.0. The molecule has 0 heterocycles. The fraction of sp³-hybridized carbons (Fsp3) is 0.229. The minimum atomic E-state index is -0.977. The number of carboxylic acids is 1. The molecular weight excluding hydrogens is 528 g/mol. The molecule has 0 saturated heterocycles. The first-order chi connectivity index (χ1) is 20.4. The van der Waals surface area contributed by atoms with Crippen LogP contribution in [0.3, 0.4) is 0 Å². The van der Waals surface area contributed by atoms with Gasteiger partial charge < -0.3 is 20.1 Å². The van der Waals surface area contributed by atoms with E-state index in [2.05, 4.69) is 5.32 Å². The molecule has 216 valence electrons. The molecule has 7 nitrogen and oxygen atoms in total. The van der Waals surface area contributed by atoms with Gasteiger partial charge in [0.15, 0.2) is 0 Å². The van der Waals surface area contributed by atoms with Gasteiger partial charge in [0.2, 0.25) is 0 Å². The van der Waals surface area contributed by atoms with Gasteiger partial charge in [-0.1, -0.05) is 78.4 Å². The lowest BCUT2D eigenvalue weighted by Gasteiger charge is -2.24. The number of rotatable bonds is 13. The molecule has 4 rings (SSSR count). The van der Waals surface area contributed by atoms with Crippen LogP contribution in [-0.2, 0) is 17.8 Å². The van der Waals surface area contributed by atoms with Crippen molar-refractivity contribution in [3.8, 4) is 16.9 Å². The Kier molecular flexibility index (Phi) is 10.5. The van der Waals surface area contributed by atoms with Crippen LogP contribution in [0, 0.1) is 6.92 Å². The number of amides is 2. The van der Waals surface area contributed by atoms with Crippen LogP contribution in [0.1, 0.15) is 50.8 Å². The highest BCUT2D eigenvalue weighted by molar-refractivity contribution is 6.06. The summed E-state index contributed by atoms with van der Waals surface area (Å²) < 4.78 is 5.60. The first kappa shape index (κ1) is 30.1. The molecule has 4 aromatic rings.